The summed E-state index contributed by atoms with van der Waals surface area (Å²) in [5.41, 5.74) is 2.35. The molecule has 0 spiro atoms. The largest absolute Gasteiger partial charge is 0.489 e. The number of carbonyl (C=O) groups excluding carboxylic acids is 1. The van der Waals surface area contributed by atoms with Crippen LogP contribution >= 0.6 is 0 Å². The molecule has 1 amide bonds. The lowest BCUT2D eigenvalue weighted by Gasteiger charge is -2.13. The fourth-order valence-corrected chi connectivity index (χ4v) is 3.71. The summed E-state index contributed by atoms with van der Waals surface area (Å²) in [6, 6.07) is 24.8. The van der Waals surface area contributed by atoms with Crippen molar-refractivity contribution in [1.82, 2.24) is 4.72 Å². The van der Waals surface area contributed by atoms with Crippen LogP contribution in [0, 0.1) is 0 Å². The molecular weight excluding hydrogens is 412 g/mol. The van der Waals surface area contributed by atoms with Crippen LogP contribution in [0.5, 0.6) is 5.75 Å². The number of amides is 1. The first-order valence-corrected chi connectivity index (χ1v) is 11.3. The minimum Gasteiger partial charge on any atom is -0.489 e. The van der Waals surface area contributed by atoms with Gasteiger partial charge in [-0.15, -0.1) is 0 Å². The number of anilines is 1. The van der Waals surface area contributed by atoms with Crippen LogP contribution in [-0.4, -0.2) is 20.4 Å². The number of hydrogen-bond acceptors (Lipinski definition) is 4. The van der Waals surface area contributed by atoms with Crippen molar-refractivity contribution < 1.29 is 17.9 Å². The standard InChI is InChI=1S/C24H24N2O4S/c1-19(26-31(28,29)17-16-20-8-4-2-5-9-20)24(27)25-22-12-14-23(15-13-22)30-18-21-10-6-3-7-11-21/h2-17,19,26H,18H2,1H3,(H,25,27)/b17-16+. The van der Waals surface area contributed by atoms with Crippen LogP contribution in [0.2, 0.25) is 0 Å². The van der Waals surface area contributed by atoms with Gasteiger partial charge in [-0.25, -0.2) is 8.42 Å². The molecule has 160 valence electrons. The van der Waals surface area contributed by atoms with Crippen molar-refractivity contribution >= 4 is 27.7 Å². The first-order chi connectivity index (χ1) is 14.9. The highest BCUT2D eigenvalue weighted by Gasteiger charge is 2.18. The number of nitrogens with one attached hydrogen (secondary N) is 2. The van der Waals surface area contributed by atoms with Gasteiger partial charge in [0.15, 0.2) is 0 Å². The number of rotatable bonds is 9. The third-order valence-corrected chi connectivity index (χ3v) is 5.52. The van der Waals surface area contributed by atoms with Crippen molar-refractivity contribution in [3.63, 3.8) is 0 Å². The molecule has 0 fully saturated rings. The van der Waals surface area contributed by atoms with Crippen LogP contribution in [0.1, 0.15) is 18.1 Å². The first kappa shape index (κ1) is 22.3. The summed E-state index contributed by atoms with van der Waals surface area (Å²) in [6.07, 6.45) is 1.47. The van der Waals surface area contributed by atoms with Crippen LogP contribution in [0.3, 0.4) is 0 Å². The molecule has 3 aromatic carbocycles. The molecule has 2 N–H and O–H groups in total. The molecule has 31 heavy (non-hydrogen) atoms. The summed E-state index contributed by atoms with van der Waals surface area (Å²) in [7, 11) is -3.77. The third-order valence-electron chi connectivity index (χ3n) is 4.34. The van der Waals surface area contributed by atoms with Gasteiger partial charge in [0.2, 0.25) is 15.9 Å². The highest BCUT2D eigenvalue weighted by molar-refractivity contribution is 7.92. The second-order valence-corrected chi connectivity index (χ2v) is 8.48. The minimum absolute atomic E-state index is 0.446. The second-order valence-electron chi connectivity index (χ2n) is 6.89. The van der Waals surface area contributed by atoms with E-state index < -0.39 is 22.0 Å². The van der Waals surface area contributed by atoms with Crippen LogP contribution in [0.4, 0.5) is 5.69 Å². The van der Waals surface area contributed by atoms with Crippen molar-refractivity contribution in [3.8, 4) is 5.75 Å². The van der Waals surface area contributed by atoms with Gasteiger partial charge in [0.1, 0.15) is 12.4 Å². The maximum Gasteiger partial charge on any atom is 0.242 e. The van der Waals surface area contributed by atoms with Gasteiger partial charge in [0, 0.05) is 11.1 Å². The quantitative estimate of drug-likeness (QED) is 0.527. The summed E-state index contributed by atoms with van der Waals surface area (Å²) in [5.74, 6) is 0.205. The van der Waals surface area contributed by atoms with Gasteiger partial charge < -0.3 is 10.1 Å². The lowest BCUT2D eigenvalue weighted by atomic mass is 10.2. The molecular formula is C24H24N2O4S. The summed E-state index contributed by atoms with van der Waals surface area (Å²) < 4.78 is 32.5. The van der Waals surface area contributed by atoms with E-state index in [1.807, 2.05) is 48.5 Å². The van der Waals surface area contributed by atoms with E-state index in [1.54, 1.807) is 36.4 Å². The zero-order chi connectivity index (χ0) is 22.1. The summed E-state index contributed by atoms with van der Waals surface area (Å²) in [5, 5.41) is 3.74. The van der Waals surface area contributed by atoms with E-state index in [0.717, 1.165) is 16.5 Å². The highest BCUT2D eigenvalue weighted by Crippen LogP contribution is 2.17. The molecule has 0 saturated heterocycles. The molecule has 0 saturated carbocycles. The zero-order valence-electron chi connectivity index (χ0n) is 17.1. The minimum atomic E-state index is -3.77. The van der Waals surface area contributed by atoms with E-state index in [1.165, 1.54) is 13.0 Å². The second kappa shape index (κ2) is 10.6. The van der Waals surface area contributed by atoms with E-state index >= 15 is 0 Å². The van der Waals surface area contributed by atoms with E-state index in [-0.39, 0.29) is 0 Å². The fourth-order valence-electron chi connectivity index (χ4n) is 2.70. The third kappa shape index (κ3) is 7.40. The van der Waals surface area contributed by atoms with Gasteiger partial charge in [-0.1, -0.05) is 60.7 Å². The van der Waals surface area contributed by atoms with Crippen LogP contribution in [-0.2, 0) is 21.4 Å². The lowest BCUT2D eigenvalue weighted by Crippen LogP contribution is -2.40. The molecule has 0 bridgehead atoms. The average molecular weight is 437 g/mol. The predicted molar refractivity (Wildman–Crippen MR) is 123 cm³/mol. The lowest BCUT2D eigenvalue weighted by molar-refractivity contribution is -0.117. The molecule has 0 aliphatic rings. The SMILES string of the molecule is CC(NS(=O)(=O)/C=C/c1ccccc1)C(=O)Nc1ccc(OCc2ccccc2)cc1. The smallest absolute Gasteiger partial charge is 0.242 e. The Hall–Kier alpha value is -3.42. The van der Waals surface area contributed by atoms with Crippen molar-refractivity contribution in [2.75, 3.05) is 5.32 Å². The molecule has 7 heteroatoms. The maximum atomic E-state index is 12.4. The van der Waals surface area contributed by atoms with Gasteiger partial charge in [-0.2, -0.15) is 4.72 Å². The first-order valence-electron chi connectivity index (χ1n) is 9.74. The summed E-state index contributed by atoms with van der Waals surface area (Å²) in [6.45, 7) is 1.93. The van der Waals surface area contributed by atoms with Gasteiger partial charge in [-0.05, 0) is 48.4 Å². The van der Waals surface area contributed by atoms with Crippen LogP contribution in [0.25, 0.3) is 6.08 Å². The van der Waals surface area contributed by atoms with E-state index in [0.29, 0.717) is 18.0 Å². The Kier molecular flexibility index (Phi) is 7.59. The highest BCUT2D eigenvalue weighted by atomic mass is 32.2. The number of ether oxygens (including phenoxy) is 1. The zero-order valence-corrected chi connectivity index (χ0v) is 17.9. The van der Waals surface area contributed by atoms with Crippen LogP contribution < -0.4 is 14.8 Å². The van der Waals surface area contributed by atoms with E-state index in [4.69, 9.17) is 4.74 Å². The molecule has 0 heterocycles. The van der Waals surface area contributed by atoms with Gasteiger partial charge in [-0.3, -0.25) is 4.79 Å². The maximum absolute atomic E-state index is 12.4. The normalized spacial score (nSPS) is 12.4. The van der Waals surface area contributed by atoms with Gasteiger partial charge >= 0.3 is 0 Å². The molecule has 0 aliphatic carbocycles. The Morgan fingerprint density at radius 2 is 1.55 bits per heavy atom. The Morgan fingerprint density at radius 1 is 0.935 bits per heavy atom. The van der Waals surface area contributed by atoms with Crippen molar-refractivity contribution in [2.24, 2.45) is 0 Å². The molecule has 6 nitrogen and oxygen atoms in total. The molecule has 1 unspecified atom stereocenters. The monoisotopic (exact) mass is 436 g/mol. The van der Waals surface area contributed by atoms with Gasteiger partial charge in [0.25, 0.3) is 0 Å². The van der Waals surface area contributed by atoms with Crippen molar-refractivity contribution in [1.29, 1.82) is 0 Å². The molecule has 0 aromatic heterocycles. The molecule has 3 aromatic rings. The predicted octanol–water partition coefficient (Wildman–Crippen LogP) is 4.18. The number of benzene rings is 3. The Balaban J connectivity index is 1.51. The Morgan fingerprint density at radius 3 is 2.19 bits per heavy atom. The fraction of sp³-hybridized carbons (Fsp3) is 0.125. The average Bonchev–Trinajstić information content (AvgIpc) is 2.78. The van der Waals surface area contributed by atoms with Crippen molar-refractivity contribution in [3.05, 3.63) is 101 Å². The summed E-state index contributed by atoms with van der Waals surface area (Å²) in [4.78, 5) is 12.4. The molecule has 0 radical (unpaired) electrons. The van der Waals surface area contributed by atoms with E-state index in [2.05, 4.69) is 10.0 Å². The Bertz CT molecular complexity index is 1110. The van der Waals surface area contributed by atoms with E-state index in [9.17, 15) is 13.2 Å². The number of sulfonamides is 1. The molecule has 1 atom stereocenters. The molecule has 3 rings (SSSR count). The van der Waals surface area contributed by atoms with Crippen LogP contribution in [0.15, 0.2) is 90.3 Å². The number of hydrogen-bond donors (Lipinski definition) is 2. The topological polar surface area (TPSA) is 84.5 Å². The Labute approximate surface area is 182 Å². The van der Waals surface area contributed by atoms with Gasteiger partial charge in [0.05, 0.1) is 6.04 Å². The van der Waals surface area contributed by atoms with Crippen molar-refractivity contribution in [2.45, 2.75) is 19.6 Å². The summed E-state index contributed by atoms with van der Waals surface area (Å²) >= 11 is 0. The molecule has 0 aliphatic heterocycles. The number of carbonyl (C=O) groups is 1.